The van der Waals surface area contributed by atoms with Crippen LogP contribution >= 0.6 is 11.6 Å². The van der Waals surface area contributed by atoms with Gasteiger partial charge in [-0.05, 0) is 49.4 Å². The molecule has 3 aromatic rings. The Labute approximate surface area is 210 Å². The van der Waals surface area contributed by atoms with E-state index in [0.29, 0.717) is 37.1 Å². The van der Waals surface area contributed by atoms with Crippen molar-refractivity contribution in [3.63, 3.8) is 0 Å². The van der Waals surface area contributed by atoms with Gasteiger partial charge in [0.1, 0.15) is 5.82 Å². The molecule has 36 heavy (non-hydrogen) atoms. The van der Waals surface area contributed by atoms with Crippen LogP contribution in [0.25, 0.3) is 5.69 Å². The standard InChI is InChI=1S/C24H24ClF4N7/c25-17-1-2-20-15(7-17)12-35(19-8-16(9-19)24(27,28)29)13-21-32-33-22(36(20)21)14-3-5-34(6-4-14)23-30-10-18(26)11-31-23/h1-2,7,10-11,14,16,19H,3-6,8-9,12-13H2. The molecule has 2 aromatic heterocycles. The molecule has 0 amide bonds. The molecule has 7 nitrogen and oxygen atoms in total. The van der Waals surface area contributed by atoms with E-state index in [-0.39, 0.29) is 24.8 Å². The number of piperidine rings is 1. The van der Waals surface area contributed by atoms with E-state index in [9.17, 15) is 17.6 Å². The number of alkyl halides is 3. The summed E-state index contributed by atoms with van der Waals surface area (Å²) >= 11 is 6.31. The Morgan fingerprint density at radius 1 is 0.972 bits per heavy atom. The van der Waals surface area contributed by atoms with Crippen molar-refractivity contribution < 1.29 is 17.6 Å². The van der Waals surface area contributed by atoms with Gasteiger partial charge in [-0.25, -0.2) is 14.4 Å². The lowest BCUT2D eigenvalue weighted by Gasteiger charge is -2.43. The van der Waals surface area contributed by atoms with Crippen LogP contribution in [0.15, 0.2) is 30.6 Å². The van der Waals surface area contributed by atoms with Gasteiger partial charge in [-0.2, -0.15) is 13.2 Å². The summed E-state index contributed by atoms with van der Waals surface area (Å²) in [4.78, 5) is 12.3. The summed E-state index contributed by atoms with van der Waals surface area (Å²) in [5, 5.41) is 9.64. The molecule has 3 aliphatic rings. The van der Waals surface area contributed by atoms with E-state index in [1.165, 1.54) is 12.4 Å². The van der Waals surface area contributed by atoms with Crippen LogP contribution in [0.3, 0.4) is 0 Å². The normalized spacial score (nSPS) is 23.1. The number of hydrogen-bond donors (Lipinski definition) is 0. The van der Waals surface area contributed by atoms with Gasteiger partial charge in [-0.3, -0.25) is 9.47 Å². The van der Waals surface area contributed by atoms with Crippen LogP contribution in [-0.4, -0.2) is 54.9 Å². The van der Waals surface area contributed by atoms with Gasteiger partial charge < -0.3 is 4.90 Å². The predicted molar refractivity (Wildman–Crippen MR) is 124 cm³/mol. The molecule has 2 fully saturated rings. The molecule has 12 heteroatoms. The third-order valence-electron chi connectivity index (χ3n) is 7.60. The summed E-state index contributed by atoms with van der Waals surface area (Å²) < 4.78 is 54.6. The van der Waals surface area contributed by atoms with Crippen molar-refractivity contribution in [2.45, 2.75) is 56.9 Å². The zero-order valence-corrected chi connectivity index (χ0v) is 20.1. The van der Waals surface area contributed by atoms with Crippen LogP contribution in [0.1, 0.15) is 48.8 Å². The van der Waals surface area contributed by atoms with Gasteiger partial charge in [0.25, 0.3) is 0 Å². The van der Waals surface area contributed by atoms with Gasteiger partial charge in [0.05, 0.1) is 30.5 Å². The minimum absolute atomic E-state index is 0.101. The van der Waals surface area contributed by atoms with Crippen LogP contribution in [0, 0.1) is 11.7 Å². The molecule has 1 saturated heterocycles. The average molecular weight is 522 g/mol. The van der Waals surface area contributed by atoms with Gasteiger partial charge in [-0.1, -0.05) is 11.6 Å². The van der Waals surface area contributed by atoms with E-state index >= 15 is 0 Å². The fraction of sp³-hybridized carbons (Fsp3) is 0.500. The SMILES string of the molecule is Fc1cnc(N2CCC(c3nnc4n3-c3ccc(Cl)cc3CN(C3CC(C(F)(F)F)C3)C4)CC2)nc1. The molecule has 190 valence electrons. The molecule has 0 radical (unpaired) electrons. The molecule has 1 aromatic carbocycles. The largest absolute Gasteiger partial charge is 0.391 e. The van der Waals surface area contributed by atoms with Crippen molar-refractivity contribution in [3.05, 3.63) is 58.6 Å². The molecular formula is C24H24ClF4N7. The molecule has 0 bridgehead atoms. The quantitative estimate of drug-likeness (QED) is 0.457. The molecule has 0 unspecified atom stereocenters. The Bertz CT molecular complexity index is 1250. The first-order valence-corrected chi connectivity index (χ1v) is 12.4. The predicted octanol–water partition coefficient (Wildman–Crippen LogP) is 4.89. The number of aromatic nitrogens is 5. The van der Waals surface area contributed by atoms with Crippen molar-refractivity contribution in [1.29, 1.82) is 0 Å². The van der Waals surface area contributed by atoms with Crippen LogP contribution in [-0.2, 0) is 13.1 Å². The van der Waals surface area contributed by atoms with Crippen molar-refractivity contribution in [2.75, 3.05) is 18.0 Å². The zero-order chi connectivity index (χ0) is 25.0. The fourth-order valence-corrected chi connectivity index (χ4v) is 5.73. The highest BCUT2D eigenvalue weighted by molar-refractivity contribution is 6.30. The van der Waals surface area contributed by atoms with E-state index in [1.54, 1.807) is 0 Å². The number of halogens is 5. The number of rotatable bonds is 3. The maximum atomic E-state index is 13.2. The van der Waals surface area contributed by atoms with Gasteiger partial charge in [0, 0.05) is 36.6 Å². The summed E-state index contributed by atoms with van der Waals surface area (Å²) in [7, 11) is 0. The fourth-order valence-electron chi connectivity index (χ4n) is 5.53. The minimum Gasteiger partial charge on any atom is -0.341 e. The maximum absolute atomic E-state index is 13.2. The second kappa shape index (κ2) is 8.95. The Balaban J connectivity index is 1.26. The van der Waals surface area contributed by atoms with E-state index in [2.05, 4.69) is 29.6 Å². The Morgan fingerprint density at radius 3 is 2.39 bits per heavy atom. The highest BCUT2D eigenvalue weighted by Gasteiger charge is 2.49. The van der Waals surface area contributed by atoms with Crippen molar-refractivity contribution in [2.24, 2.45) is 5.92 Å². The number of anilines is 1. The molecule has 2 aliphatic heterocycles. The van der Waals surface area contributed by atoms with E-state index < -0.39 is 17.9 Å². The number of hydrogen-bond acceptors (Lipinski definition) is 6. The number of benzene rings is 1. The van der Waals surface area contributed by atoms with Crippen LogP contribution in [0.5, 0.6) is 0 Å². The van der Waals surface area contributed by atoms with Crippen molar-refractivity contribution >= 4 is 17.5 Å². The van der Waals surface area contributed by atoms with Gasteiger partial charge >= 0.3 is 6.18 Å². The van der Waals surface area contributed by atoms with E-state index in [4.69, 9.17) is 11.6 Å². The lowest BCUT2D eigenvalue weighted by atomic mass is 9.78. The average Bonchev–Trinajstić information content (AvgIpc) is 3.14. The number of nitrogens with zero attached hydrogens (tertiary/aromatic N) is 7. The smallest absolute Gasteiger partial charge is 0.341 e. The second-order valence-corrected chi connectivity index (χ2v) is 10.3. The molecule has 0 spiro atoms. The monoisotopic (exact) mass is 521 g/mol. The molecule has 0 N–H and O–H groups in total. The summed E-state index contributed by atoms with van der Waals surface area (Å²) in [6.07, 6.45) is -0.0265. The molecule has 0 atom stereocenters. The topological polar surface area (TPSA) is 63.0 Å². The number of fused-ring (bicyclic) bond motifs is 3. The van der Waals surface area contributed by atoms with Gasteiger partial charge in [0.2, 0.25) is 5.95 Å². The molecule has 4 heterocycles. The third-order valence-corrected chi connectivity index (χ3v) is 7.83. The first-order chi connectivity index (χ1) is 17.3. The molecule has 6 rings (SSSR count). The third kappa shape index (κ3) is 4.32. The van der Waals surface area contributed by atoms with Gasteiger partial charge in [0.15, 0.2) is 11.6 Å². The summed E-state index contributed by atoms with van der Waals surface area (Å²) in [5.74, 6) is 0.499. The van der Waals surface area contributed by atoms with E-state index in [1.807, 2.05) is 23.1 Å². The summed E-state index contributed by atoms with van der Waals surface area (Å²) in [6.45, 7) is 2.32. The lowest BCUT2D eigenvalue weighted by Crippen LogP contribution is -2.48. The minimum atomic E-state index is -4.15. The second-order valence-electron chi connectivity index (χ2n) is 9.81. The summed E-state index contributed by atoms with van der Waals surface area (Å²) in [6, 6.07) is 5.49. The van der Waals surface area contributed by atoms with Crippen molar-refractivity contribution in [3.8, 4) is 5.69 Å². The maximum Gasteiger partial charge on any atom is 0.391 e. The van der Waals surface area contributed by atoms with Crippen LogP contribution in [0.4, 0.5) is 23.5 Å². The first kappa shape index (κ1) is 23.6. The first-order valence-electron chi connectivity index (χ1n) is 12.0. The lowest BCUT2D eigenvalue weighted by molar-refractivity contribution is -0.207. The van der Waals surface area contributed by atoms with E-state index in [0.717, 1.165) is 35.7 Å². The zero-order valence-electron chi connectivity index (χ0n) is 19.3. The van der Waals surface area contributed by atoms with Crippen molar-refractivity contribution in [1.82, 2.24) is 29.6 Å². The van der Waals surface area contributed by atoms with Gasteiger partial charge in [-0.15, -0.1) is 10.2 Å². The Kier molecular flexibility index (Phi) is 5.87. The van der Waals surface area contributed by atoms with Crippen LogP contribution in [0.2, 0.25) is 5.02 Å². The molecule has 1 aliphatic carbocycles. The molecular weight excluding hydrogens is 498 g/mol. The highest BCUT2D eigenvalue weighted by atomic mass is 35.5. The Morgan fingerprint density at radius 2 is 1.69 bits per heavy atom. The summed E-state index contributed by atoms with van der Waals surface area (Å²) in [5.41, 5.74) is 1.88. The highest BCUT2D eigenvalue weighted by Crippen LogP contribution is 2.45. The Hall–Kier alpha value is -2.79. The molecule has 1 saturated carbocycles. The van der Waals surface area contributed by atoms with Crippen LogP contribution < -0.4 is 4.90 Å².